The van der Waals surface area contributed by atoms with Gasteiger partial charge in [0.1, 0.15) is 0 Å². The molecule has 0 saturated heterocycles. The van der Waals surface area contributed by atoms with Crippen LogP contribution in [0.4, 0.5) is 14.5 Å². The molecule has 8 heteroatoms. The van der Waals surface area contributed by atoms with Gasteiger partial charge in [0.2, 0.25) is 11.8 Å². The Hall–Kier alpha value is -2.61. The van der Waals surface area contributed by atoms with Crippen LogP contribution in [-0.2, 0) is 9.59 Å². The first-order valence-electron chi connectivity index (χ1n) is 6.57. The van der Waals surface area contributed by atoms with Crippen LogP contribution in [0.25, 0.3) is 6.08 Å². The third-order valence-corrected chi connectivity index (χ3v) is 3.46. The summed E-state index contributed by atoms with van der Waals surface area (Å²) in [4.78, 5) is 27.3. The topological polar surface area (TPSA) is 71.1 Å². The van der Waals surface area contributed by atoms with E-state index in [0.717, 1.165) is 17.1 Å². The number of aromatic nitrogens is 1. The molecule has 120 valence electrons. The van der Waals surface area contributed by atoms with Crippen molar-refractivity contribution in [3.05, 3.63) is 52.0 Å². The Kier molecular flexibility index (Phi) is 5.53. The summed E-state index contributed by atoms with van der Waals surface area (Å²) in [5.74, 6) is -3.08. The van der Waals surface area contributed by atoms with E-state index in [0.29, 0.717) is 5.69 Å². The number of aryl methyl sites for hydroxylation is 1. The van der Waals surface area contributed by atoms with Gasteiger partial charge in [0, 0.05) is 23.2 Å². The largest absolute Gasteiger partial charge is 0.343 e. The van der Waals surface area contributed by atoms with E-state index >= 15 is 0 Å². The second-order valence-electron chi connectivity index (χ2n) is 4.52. The Balaban J connectivity index is 1.80. The Morgan fingerprint density at radius 2 is 2.09 bits per heavy atom. The van der Waals surface area contributed by atoms with Crippen LogP contribution in [0.15, 0.2) is 29.7 Å². The molecule has 1 aromatic carbocycles. The molecule has 0 bridgehead atoms. The zero-order valence-corrected chi connectivity index (χ0v) is 12.9. The van der Waals surface area contributed by atoms with Crippen molar-refractivity contribution in [3.8, 4) is 0 Å². The summed E-state index contributed by atoms with van der Waals surface area (Å²) in [6, 6.07) is 2.99. The molecule has 2 N–H and O–H groups in total. The number of nitrogens with zero attached hydrogens (tertiary/aromatic N) is 1. The maximum atomic E-state index is 13.0. The molecular formula is C15H13F2N3O2S. The summed E-state index contributed by atoms with van der Waals surface area (Å²) >= 11 is 1.46. The first-order valence-corrected chi connectivity index (χ1v) is 7.45. The molecule has 0 aliphatic carbocycles. The van der Waals surface area contributed by atoms with E-state index in [-0.39, 0.29) is 12.2 Å². The Bertz CT molecular complexity index is 759. The van der Waals surface area contributed by atoms with Gasteiger partial charge in [-0.15, -0.1) is 11.3 Å². The second-order valence-corrected chi connectivity index (χ2v) is 5.58. The average molecular weight is 337 g/mol. The highest BCUT2D eigenvalue weighted by Gasteiger charge is 2.07. The van der Waals surface area contributed by atoms with Crippen LogP contribution in [-0.4, -0.2) is 23.3 Å². The summed E-state index contributed by atoms with van der Waals surface area (Å²) in [5.41, 5.74) is 0.769. The Labute approximate surface area is 135 Å². The number of carbonyl (C=O) groups is 2. The summed E-state index contributed by atoms with van der Waals surface area (Å²) in [6.45, 7) is 1.56. The van der Waals surface area contributed by atoms with Crippen LogP contribution >= 0.6 is 11.3 Å². The quantitative estimate of drug-likeness (QED) is 0.824. The molecule has 0 aliphatic heterocycles. The fraction of sp³-hybridized carbons (Fsp3) is 0.133. The van der Waals surface area contributed by atoms with Gasteiger partial charge in [-0.05, 0) is 25.1 Å². The third kappa shape index (κ3) is 5.26. The van der Waals surface area contributed by atoms with Crippen LogP contribution in [0.5, 0.6) is 0 Å². The number of carbonyl (C=O) groups excluding carboxylic acids is 2. The number of anilines is 1. The molecule has 1 aromatic heterocycles. The van der Waals surface area contributed by atoms with Crippen molar-refractivity contribution < 1.29 is 18.4 Å². The molecule has 0 radical (unpaired) electrons. The van der Waals surface area contributed by atoms with E-state index in [4.69, 9.17) is 0 Å². The Morgan fingerprint density at radius 1 is 1.30 bits per heavy atom. The molecule has 0 saturated carbocycles. The van der Waals surface area contributed by atoms with E-state index in [1.807, 2.05) is 6.92 Å². The standard InChI is InChI=1S/C15H13F2N3O2S/c1-9-19-11(8-23-9)3-5-14(21)18-7-15(22)20-10-2-4-12(16)13(17)6-10/h2-6,8H,7H2,1H3,(H,18,21)(H,20,22). The number of hydrogen-bond donors (Lipinski definition) is 2. The average Bonchev–Trinajstić information content (AvgIpc) is 2.92. The molecule has 0 atom stereocenters. The number of benzene rings is 1. The molecule has 5 nitrogen and oxygen atoms in total. The lowest BCUT2D eigenvalue weighted by Gasteiger charge is -2.06. The molecular weight excluding hydrogens is 324 g/mol. The predicted octanol–water partition coefficient (Wildman–Crippen LogP) is 2.50. The fourth-order valence-electron chi connectivity index (χ4n) is 1.62. The van der Waals surface area contributed by atoms with Crippen molar-refractivity contribution in [1.82, 2.24) is 10.3 Å². The fourth-order valence-corrected chi connectivity index (χ4v) is 2.20. The van der Waals surface area contributed by atoms with Crippen LogP contribution in [0, 0.1) is 18.6 Å². The molecule has 0 unspecified atom stereocenters. The van der Waals surface area contributed by atoms with E-state index in [1.165, 1.54) is 29.6 Å². The lowest BCUT2D eigenvalue weighted by atomic mass is 10.3. The highest BCUT2D eigenvalue weighted by molar-refractivity contribution is 7.09. The number of rotatable bonds is 5. The van der Waals surface area contributed by atoms with Gasteiger partial charge in [0.15, 0.2) is 11.6 Å². The number of hydrogen-bond acceptors (Lipinski definition) is 4. The van der Waals surface area contributed by atoms with E-state index in [1.54, 1.807) is 5.38 Å². The molecule has 1 heterocycles. The van der Waals surface area contributed by atoms with Gasteiger partial charge >= 0.3 is 0 Å². The molecule has 2 amide bonds. The summed E-state index contributed by atoms with van der Waals surface area (Å²) in [5, 5.41) is 7.41. The predicted molar refractivity (Wildman–Crippen MR) is 83.9 cm³/mol. The van der Waals surface area contributed by atoms with Crippen molar-refractivity contribution >= 4 is 34.9 Å². The van der Waals surface area contributed by atoms with Crippen molar-refractivity contribution in [2.75, 3.05) is 11.9 Å². The van der Waals surface area contributed by atoms with E-state index < -0.39 is 23.4 Å². The molecule has 2 aromatic rings. The van der Waals surface area contributed by atoms with Crippen LogP contribution in [0.3, 0.4) is 0 Å². The normalized spacial score (nSPS) is 10.7. The lowest BCUT2D eigenvalue weighted by molar-refractivity contribution is -0.121. The van der Waals surface area contributed by atoms with Crippen molar-refractivity contribution in [2.45, 2.75) is 6.92 Å². The van der Waals surface area contributed by atoms with Crippen LogP contribution in [0.2, 0.25) is 0 Å². The minimum Gasteiger partial charge on any atom is -0.343 e. The van der Waals surface area contributed by atoms with Crippen LogP contribution < -0.4 is 10.6 Å². The van der Waals surface area contributed by atoms with Gasteiger partial charge in [-0.2, -0.15) is 0 Å². The molecule has 0 spiro atoms. The minimum atomic E-state index is -1.06. The van der Waals surface area contributed by atoms with Gasteiger partial charge in [0.05, 0.1) is 17.2 Å². The number of nitrogens with one attached hydrogen (secondary N) is 2. The smallest absolute Gasteiger partial charge is 0.244 e. The highest BCUT2D eigenvalue weighted by Crippen LogP contribution is 2.12. The number of amides is 2. The van der Waals surface area contributed by atoms with Crippen molar-refractivity contribution in [1.29, 1.82) is 0 Å². The van der Waals surface area contributed by atoms with E-state index in [9.17, 15) is 18.4 Å². The van der Waals surface area contributed by atoms with Crippen molar-refractivity contribution in [3.63, 3.8) is 0 Å². The summed E-state index contributed by atoms with van der Waals surface area (Å²) in [7, 11) is 0. The van der Waals surface area contributed by atoms with Crippen molar-refractivity contribution in [2.24, 2.45) is 0 Å². The molecule has 0 fully saturated rings. The number of thiazole rings is 1. The lowest BCUT2D eigenvalue weighted by Crippen LogP contribution is -2.31. The second kappa shape index (κ2) is 7.59. The first-order chi connectivity index (χ1) is 10.9. The van der Waals surface area contributed by atoms with Gasteiger partial charge in [-0.25, -0.2) is 13.8 Å². The highest BCUT2D eigenvalue weighted by atomic mass is 32.1. The zero-order chi connectivity index (χ0) is 16.8. The maximum Gasteiger partial charge on any atom is 0.244 e. The first kappa shape index (κ1) is 16.8. The van der Waals surface area contributed by atoms with Gasteiger partial charge in [0.25, 0.3) is 0 Å². The summed E-state index contributed by atoms with van der Waals surface area (Å²) in [6.07, 6.45) is 2.80. The van der Waals surface area contributed by atoms with Gasteiger partial charge < -0.3 is 10.6 Å². The monoisotopic (exact) mass is 337 g/mol. The zero-order valence-electron chi connectivity index (χ0n) is 12.1. The van der Waals surface area contributed by atoms with Crippen LogP contribution in [0.1, 0.15) is 10.7 Å². The summed E-state index contributed by atoms with van der Waals surface area (Å²) < 4.78 is 25.8. The number of halogens is 2. The Morgan fingerprint density at radius 3 is 2.74 bits per heavy atom. The molecule has 0 aliphatic rings. The van der Waals surface area contributed by atoms with Gasteiger partial charge in [-0.1, -0.05) is 0 Å². The molecule has 23 heavy (non-hydrogen) atoms. The third-order valence-electron chi connectivity index (χ3n) is 2.67. The molecule has 2 rings (SSSR count). The SMILES string of the molecule is Cc1nc(C=CC(=O)NCC(=O)Nc2ccc(F)c(F)c2)cs1. The minimum absolute atomic E-state index is 0.108. The maximum absolute atomic E-state index is 13.0. The van der Waals surface area contributed by atoms with Gasteiger partial charge in [-0.3, -0.25) is 9.59 Å². The van der Waals surface area contributed by atoms with E-state index in [2.05, 4.69) is 15.6 Å².